The third-order valence-electron chi connectivity index (χ3n) is 5.72. The lowest BCUT2D eigenvalue weighted by Crippen LogP contribution is -2.52. The minimum Gasteiger partial charge on any atom is -0.478 e. The molecule has 1 aliphatic rings. The van der Waals surface area contributed by atoms with Gasteiger partial charge in [0.25, 0.3) is 0 Å². The predicted octanol–water partition coefficient (Wildman–Crippen LogP) is 6.68. The van der Waals surface area contributed by atoms with E-state index < -0.39 is 98.4 Å². The highest BCUT2D eigenvalue weighted by Gasteiger charge is 2.60. The first-order valence-electron chi connectivity index (χ1n) is 10.8. The molecule has 2 atom stereocenters. The molecule has 0 saturated carbocycles. The van der Waals surface area contributed by atoms with Crippen LogP contribution in [0.15, 0.2) is 77.9 Å². The van der Waals surface area contributed by atoms with E-state index >= 15 is 13.2 Å². The third kappa shape index (κ3) is 4.61. The van der Waals surface area contributed by atoms with Gasteiger partial charge in [-0.25, -0.2) is 44.7 Å². The first-order valence-corrected chi connectivity index (χ1v) is 10.8. The first-order chi connectivity index (χ1) is 18.8. The maximum atomic E-state index is 15.8. The van der Waals surface area contributed by atoms with Crippen LogP contribution in [0.2, 0.25) is 0 Å². The minimum absolute atomic E-state index is 0.220. The molecule has 3 aromatic carbocycles. The molecule has 0 amide bonds. The van der Waals surface area contributed by atoms with Gasteiger partial charge in [-0.1, -0.05) is 12.1 Å². The van der Waals surface area contributed by atoms with Crippen molar-refractivity contribution in [2.24, 2.45) is 0 Å². The fourth-order valence-corrected chi connectivity index (χ4v) is 3.88. The van der Waals surface area contributed by atoms with E-state index in [1.54, 1.807) is 0 Å². The van der Waals surface area contributed by atoms with Gasteiger partial charge in [0, 0.05) is 5.56 Å². The van der Waals surface area contributed by atoms with Gasteiger partial charge in [0.1, 0.15) is 11.5 Å². The number of carboxylic acids is 2. The number of allylic oxidation sites excluding steroid dienone is 2. The standard InChI is InChI=1S/C26H12F8O6/c27-15-9-14(16(28)18(30)17(15)29)26(40-13-6-2-4-11(8-13)25(37)38)22(34)20(32)19(31)21(33)23(26)39-12-5-1-3-10(7-12)24(35)36/h1-9,23H,(H,35,36)(H,37,38). The average Bonchev–Trinajstić information content (AvgIpc) is 2.93. The molecule has 0 saturated heterocycles. The number of hydrogen-bond acceptors (Lipinski definition) is 4. The molecule has 208 valence electrons. The van der Waals surface area contributed by atoms with Gasteiger partial charge in [-0.15, -0.1) is 0 Å². The van der Waals surface area contributed by atoms with Crippen LogP contribution in [0.4, 0.5) is 35.1 Å². The van der Waals surface area contributed by atoms with Crippen LogP contribution in [0.1, 0.15) is 26.3 Å². The molecular weight excluding hydrogens is 560 g/mol. The molecule has 0 heterocycles. The van der Waals surface area contributed by atoms with Crippen molar-refractivity contribution in [3.63, 3.8) is 0 Å². The fraction of sp³-hybridized carbons (Fsp3) is 0.0769. The third-order valence-corrected chi connectivity index (χ3v) is 5.72. The van der Waals surface area contributed by atoms with Crippen molar-refractivity contribution in [1.29, 1.82) is 0 Å². The summed E-state index contributed by atoms with van der Waals surface area (Å²) in [6.45, 7) is 0. The smallest absolute Gasteiger partial charge is 0.335 e. The number of ether oxygens (including phenoxy) is 2. The van der Waals surface area contributed by atoms with Crippen LogP contribution < -0.4 is 9.47 Å². The molecule has 2 N–H and O–H groups in total. The number of hydrogen-bond donors (Lipinski definition) is 2. The summed E-state index contributed by atoms with van der Waals surface area (Å²) in [6.07, 6.45) is -3.04. The van der Waals surface area contributed by atoms with Crippen LogP contribution in [0, 0.1) is 23.3 Å². The minimum atomic E-state index is -3.86. The normalized spacial score (nSPS) is 19.1. The Bertz CT molecular complexity index is 1620. The molecular formula is C26H12F8O6. The Labute approximate surface area is 218 Å². The monoisotopic (exact) mass is 572 g/mol. The zero-order valence-corrected chi connectivity index (χ0v) is 19.3. The Hall–Kier alpha value is -4.88. The van der Waals surface area contributed by atoms with Gasteiger partial charge in [0.05, 0.1) is 11.1 Å². The van der Waals surface area contributed by atoms with E-state index in [-0.39, 0.29) is 6.07 Å². The molecule has 1 aliphatic carbocycles. The molecule has 0 spiro atoms. The second-order valence-electron chi connectivity index (χ2n) is 8.14. The Kier molecular flexibility index (Phi) is 7.28. The Balaban J connectivity index is 2.07. The number of carbonyl (C=O) groups is 2. The summed E-state index contributed by atoms with van der Waals surface area (Å²) in [7, 11) is 0. The van der Waals surface area contributed by atoms with Gasteiger partial charge in [-0.05, 0) is 42.5 Å². The Morgan fingerprint density at radius 1 is 0.700 bits per heavy atom. The summed E-state index contributed by atoms with van der Waals surface area (Å²) in [4.78, 5) is 22.7. The molecule has 40 heavy (non-hydrogen) atoms. The molecule has 3 aromatic rings. The number of carboxylic acid groups (broad SMARTS) is 2. The Morgan fingerprint density at radius 3 is 1.82 bits per heavy atom. The molecule has 0 fully saturated rings. The van der Waals surface area contributed by atoms with Gasteiger partial charge < -0.3 is 19.7 Å². The predicted molar refractivity (Wildman–Crippen MR) is 118 cm³/mol. The van der Waals surface area contributed by atoms with E-state index in [4.69, 9.17) is 9.47 Å². The van der Waals surface area contributed by atoms with Crippen molar-refractivity contribution in [2.45, 2.75) is 11.7 Å². The van der Waals surface area contributed by atoms with Gasteiger partial charge in [-0.3, -0.25) is 0 Å². The number of aromatic carboxylic acids is 2. The topological polar surface area (TPSA) is 93.1 Å². The van der Waals surface area contributed by atoms with Gasteiger partial charge in [0.15, 0.2) is 46.6 Å². The van der Waals surface area contributed by atoms with E-state index in [1.807, 2.05) is 0 Å². The van der Waals surface area contributed by atoms with Crippen molar-refractivity contribution >= 4 is 11.9 Å². The summed E-state index contributed by atoms with van der Waals surface area (Å²) in [6, 6.07) is 6.94. The van der Waals surface area contributed by atoms with Crippen LogP contribution >= 0.6 is 0 Å². The van der Waals surface area contributed by atoms with E-state index in [1.165, 1.54) is 0 Å². The summed E-state index contributed by atoms with van der Waals surface area (Å²) < 4.78 is 129. The summed E-state index contributed by atoms with van der Waals surface area (Å²) >= 11 is 0. The lowest BCUT2D eigenvalue weighted by molar-refractivity contribution is -0.0359. The maximum absolute atomic E-state index is 15.8. The average molecular weight is 572 g/mol. The largest absolute Gasteiger partial charge is 0.478 e. The van der Waals surface area contributed by atoms with Crippen LogP contribution in [0.3, 0.4) is 0 Å². The van der Waals surface area contributed by atoms with Gasteiger partial charge >= 0.3 is 11.9 Å². The molecule has 14 heteroatoms. The van der Waals surface area contributed by atoms with Crippen molar-refractivity contribution < 1.29 is 64.4 Å². The summed E-state index contributed by atoms with van der Waals surface area (Å²) in [5, 5.41) is 18.4. The number of rotatable bonds is 7. The first kappa shape index (κ1) is 28.1. The quantitative estimate of drug-likeness (QED) is 0.187. The summed E-state index contributed by atoms with van der Waals surface area (Å²) in [5.41, 5.74) is -6.70. The highest BCUT2D eigenvalue weighted by molar-refractivity contribution is 5.88. The highest BCUT2D eigenvalue weighted by Crippen LogP contribution is 2.51. The van der Waals surface area contributed by atoms with E-state index in [9.17, 15) is 41.8 Å². The summed E-state index contributed by atoms with van der Waals surface area (Å²) in [5.74, 6) is -24.3. The lowest BCUT2D eigenvalue weighted by Gasteiger charge is -2.41. The second-order valence-corrected chi connectivity index (χ2v) is 8.14. The van der Waals surface area contributed by atoms with Crippen LogP contribution in [-0.2, 0) is 5.60 Å². The van der Waals surface area contributed by atoms with E-state index in [0.29, 0.717) is 12.1 Å². The van der Waals surface area contributed by atoms with Crippen LogP contribution in [0.25, 0.3) is 0 Å². The SMILES string of the molecule is O=C(O)c1cccc(OC2C(F)=C(F)C(F)=C(F)C2(Oc2cccc(C(=O)O)c2)c2cc(F)c(F)c(F)c2F)c1. The van der Waals surface area contributed by atoms with Crippen molar-refractivity contribution in [1.82, 2.24) is 0 Å². The number of benzene rings is 3. The number of halogens is 8. The zero-order chi connectivity index (χ0) is 29.5. The molecule has 0 aromatic heterocycles. The maximum Gasteiger partial charge on any atom is 0.335 e. The van der Waals surface area contributed by atoms with Crippen molar-refractivity contribution in [2.75, 3.05) is 0 Å². The molecule has 4 rings (SSSR count). The van der Waals surface area contributed by atoms with E-state index in [2.05, 4.69) is 0 Å². The Morgan fingerprint density at radius 2 is 1.25 bits per heavy atom. The molecule has 0 aliphatic heterocycles. The molecule has 6 nitrogen and oxygen atoms in total. The second kappa shape index (κ2) is 10.4. The lowest BCUT2D eigenvalue weighted by atomic mass is 9.81. The molecule has 0 radical (unpaired) electrons. The zero-order valence-electron chi connectivity index (χ0n) is 19.3. The van der Waals surface area contributed by atoms with Crippen LogP contribution in [0.5, 0.6) is 11.5 Å². The van der Waals surface area contributed by atoms with E-state index in [0.717, 1.165) is 36.4 Å². The molecule has 2 unspecified atom stereocenters. The highest BCUT2D eigenvalue weighted by atomic mass is 19.2. The fourth-order valence-electron chi connectivity index (χ4n) is 3.88. The van der Waals surface area contributed by atoms with Gasteiger partial charge in [-0.2, -0.15) is 0 Å². The van der Waals surface area contributed by atoms with Crippen molar-refractivity contribution in [3.8, 4) is 11.5 Å². The van der Waals surface area contributed by atoms with Gasteiger partial charge in [0.2, 0.25) is 11.7 Å². The van der Waals surface area contributed by atoms with Crippen LogP contribution in [-0.4, -0.2) is 28.3 Å². The molecule has 0 bridgehead atoms. The van der Waals surface area contributed by atoms with Crippen molar-refractivity contribution in [3.05, 3.63) is 118 Å².